The van der Waals surface area contributed by atoms with Crippen LogP contribution in [0.3, 0.4) is 0 Å². The summed E-state index contributed by atoms with van der Waals surface area (Å²) >= 11 is 0. The maximum Gasteiger partial charge on any atom is 0.264 e. The molecule has 4 heterocycles. The summed E-state index contributed by atoms with van der Waals surface area (Å²) in [6.07, 6.45) is 2.20. The molecule has 2 aromatic rings. The van der Waals surface area contributed by atoms with E-state index in [1.165, 1.54) is 0 Å². The zero-order valence-corrected chi connectivity index (χ0v) is 9.58. The first-order valence-electron chi connectivity index (χ1n) is 5.40. The molecule has 20 heavy (non-hydrogen) atoms. The molecule has 2 aliphatic heterocycles. The second-order valence-corrected chi connectivity index (χ2v) is 3.90. The first kappa shape index (κ1) is 10.6. The quantitative estimate of drug-likeness (QED) is 0.698. The topological polar surface area (TPSA) is 136 Å². The maximum absolute atomic E-state index is 12.0. The molecule has 4 rings (SSSR count). The van der Waals surface area contributed by atoms with Crippen molar-refractivity contribution >= 4 is 23.2 Å². The summed E-state index contributed by atoms with van der Waals surface area (Å²) in [5, 5.41) is 19.4. The van der Waals surface area contributed by atoms with Crippen LogP contribution in [0.1, 0.15) is 11.8 Å². The SMILES string of the molecule is O=C1NC(c2nnco2)=C2C(=O)NC(c3nnco3)=C12. The first-order valence-corrected chi connectivity index (χ1v) is 5.40. The van der Waals surface area contributed by atoms with Gasteiger partial charge in [-0.2, -0.15) is 0 Å². The monoisotopic (exact) mass is 272 g/mol. The van der Waals surface area contributed by atoms with Crippen molar-refractivity contribution in [2.75, 3.05) is 0 Å². The van der Waals surface area contributed by atoms with Gasteiger partial charge in [0, 0.05) is 0 Å². The third-order valence-electron chi connectivity index (χ3n) is 2.83. The van der Waals surface area contributed by atoms with Crippen molar-refractivity contribution in [3.63, 3.8) is 0 Å². The largest absolute Gasteiger partial charge is 0.422 e. The van der Waals surface area contributed by atoms with Crippen molar-refractivity contribution in [3.05, 3.63) is 35.7 Å². The molecule has 0 aliphatic carbocycles. The van der Waals surface area contributed by atoms with Crippen LogP contribution in [-0.4, -0.2) is 32.2 Å². The molecule has 2 amide bonds. The lowest BCUT2D eigenvalue weighted by Crippen LogP contribution is -2.21. The summed E-state index contributed by atoms with van der Waals surface area (Å²) in [7, 11) is 0. The predicted octanol–water partition coefficient (Wildman–Crippen LogP) is -1.17. The molecular weight excluding hydrogens is 268 g/mol. The fourth-order valence-corrected chi connectivity index (χ4v) is 2.07. The molecule has 2 aliphatic rings. The summed E-state index contributed by atoms with van der Waals surface area (Å²) < 4.78 is 10.00. The number of aromatic nitrogens is 4. The zero-order chi connectivity index (χ0) is 13.7. The number of hydrogen-bond donors (Lipinski definition) is 2. The minimum absolute atomic E-state index is 0.0466. The summed E-state index contributed by atoms with van der Waals surface area (Å²) in [6, 6.07) is 0. The lowest BCUT2D eigenvalue weighted by atomic mass is 10.1. The van der Waals surface area contributed by atoms with Gasteiger partial charge in [0.25, 0.3) is 23.6 Å². The van der Waals surface area contributed by atoms with Gasteiger partial charge in [0.15, 0.2) is 0 Å². The van der Waals surface area contributed by atoms with E-state index >= 15 is 0 Å². The second-order valence-electron chi connectivity index (χ2n) is 3.90. The Hall–Kier alpha value is -3.30. The predicted molar refractivity (Wildman–Crippen MR) is 58.7 cm³/mol. The van der Waals surface area contributed by atoms with Crippen LogP contribution in [0.4, 0.5) is 0 Å². The molecule has 0 aromatic carbocycles. The van der Waals surface area contributed by atoms with E-state index in [9.17, 15) is 9.59 Å². The van der Waals surface area contributed by atoms with Crippen LogP contribution in [0.2, 0.25) is 0 Å². The molecule has 0 spiro atoms. The molecular formula is C10H4N6O4. The Morgan fingerprint density at radius 3 is 1.60 bits per heavy atom. The van der Waals surface area contributed by atoms with E-state index in [0.29, 0.717) is 0 Å². The van der Waals surface area contributed by atoms with Crippen molar-refractivity contribution in [3.8, 4) is 0 Å². The molecule has 98 valence electrons. The molecule has 0 fully saturated rings. The van der Waals surface area contributed by atoms with Crippen molar-refractivity contribution in [1.29, 1.82) is 0 Å². The van der Waals surface area contributed by atoms with Crippen LogP contribution in [0.15, 0.2) is 32.8 Å². The van der Waals surface area contributed by atoms with Crippen molar-refractivity contribution in [1.82, 2.24) is 31.0 Å². The van der Waals surface area contributed by atoms with Crippen molar-refractivity contribution in [2.45, 2.75) is 0 Å². The fourth-order valence-electron chi connectivity index (χ4n) is 2.07. The molecule has 10 nitrogen and oxygen atoms in total. The van der Waals surface area contributed by atoms with E-state index in [4.69, 9.17) is 8.83 Å². The van der Waals surface area contributed by atoms with Crippen molar-refractivity contribution < 1.29 is 18.4 Å². The number of carbonyl (C=O) groups excluding carboxylic acids is 2. The third kappa shape index (κ3) is 1.27. The minimum atomic E-state index is -0.486. The van der Waals surface area contributed by atoms with Crippen molar-refractivity contribution in [2.24, 2.45) is 0 Å². The maximum atomic E-state index is 12.0. The van der Waals surface area contributed by atoms with Crippen LogP contribution in [0, 0.1) is 0 Å². The molecule has 0 unspecified atom stereocenters. The van der Waals surface area contributed by atoms with E-state index in [-0.39, 0.29) is 34.3 Å². The van der Waals surface area contributed by atoms with Crippen LogP contribution >= 0.6 is 0 Å². The van der Waals surface area contributed by atoms with Gasteiger partial charge in [0.1, 0.15) is 11.4 Å². The van der Waals surface area contributed by atoms with E-state index in [1.807, 2.05) is 0 Å². The number of rotatable bonds is 2. The van der Waals surface area contributed by atoms with Gasteiger partial charge in [-0.25, -0.2) is 0 Å². The Labute approximate surface area is 109 Å². The average molecular weight is 272 g/mol. The van der Waals surface area contributed by atoms with Crippen LogP contribution in [-0.2, 0) is 9.59 Å². The Bertz CT molecular complexity index is 718. The first-order chi connectivity index (χ1) is 9.75. The highest BCUT2D eigenvalue weighted by Gasteiger charge is 2.43. The van der Waals surface area contributed by atoms with E-state index in [1.54, 1.807) is 0 Å². The standard InChI is InChI=1S/C10H4N6O4/c17-7-3-4(6(14-7)10-16-12-2-20-10)8(18)13-5(3)9-15-11-1-19-9/h1-2H,(H,13,18)(H,14,17). The summed E-state index contributed by atoms with van der Waals surface area (Å²) in [5.74, 6) is -0.880. The summed E-state index contributed by atoms with van der Waals surface area (Å²) in [4.78, 5) is 24.1. The molecule has 0 radical (unpaired) electrons. The Morgan fingerprint density at radius 1 is 0.800 bits per heavy atom. The smallest absolute Gasteiger partial charge is 0.264 e. The average Bonchev–Trinajstić information content (AvgIpc) is 3.17. The number of carbonyl (C=O) groups is 2. The van der Waals surface area contributed by atoms with E-state index in [0.717, 1.165) is 12.8 Å². The number of hydrogen-bond acceptors (Lipinski definition) is 8. The van der Waals surface area contributed by atoms with Crippen LogP contribution in [0.25, 0.3) is 11.4 Å². The van der Waals surface area contributed by atoms with Gasteiger partial charge in [0.2, 0.25) is 12.8 Å². The van der Waals surface area contributed by atoms with Gasteiger partial charge < -0.3 is 19.5 Å². The van der Waals surface area contributed by atoms with Gasteiger partial charge >= 0.3 is 0 Å². The molecule has 0 saturated heterocycles. The second kappa shape index (κ2) is 3.60. The van der Waals surface area contributed by atoms with Gasteiger partial charge in [-0.05, 0) is 0 Å². The van der Waals surface area contributed by atoms with Crippen LogP contribution < -0.4 is 10.6 Å². The van der Waals surface area contributed by atoms with Gasteiger partial charge in [0.05, 0.1) is 11.1 Å². The fraction of sp³-hybridized carbons (Fsp3) is 0. The lowest BCUT2D eigenvalue weighted by molar-refractivity contribution is -0.117. The molecule has 0 saturated carbocycles. The molecule has 0 atom stereocenters. The van der Waals surface area contributed by atoms with Gasteiger partial charge in [-0.1, -0.05) is 0 Å². The Balaban J connectivity index is 1.95. The van der Waals surface area contributed by atoms with Gasteiger partial charge in [-0.15, -0.1) is 20.4 Å². The number of fused-ring (bicyclic) bond motifs is 1. The van der Waals surface area contributed by atoms with Gasteiger partial charge in [-0.3, -0.25) is 9.59 Å². The lowest BCUT2D eigenvalue weighted by Gasteiger charge is -2.00. The van der Waals surface area contributed by atoms with E-state index < -0.39 is 11.8 Å². The Kier molecular flexibility index (Phi) is 1.91. The molecule has 2 N–H and O–H groups in total. The van der Waals surface area contributed by atoms with E-state index in [2.05, 4.69) is 31.0 Å². The third-order valence-corrected chi connectivity index (χ3v) is 2.83. The normalized spacial score (nSPS) is 17.6. The zero-order valence-electron chi connectivity index (χ0n) is 9.58. The highest BCUT2D eigenvalue weighted by Crippen LogP contribution is 2.35. The number of amides is 2. The number of nitrogens with one attached hydrogen (secondary N) is 2. The number of nitrogens with zero attached hydrogens (tertiary/aromatic N) is 4. The van der Waals surface area contributed by atoms with Crippen LogP contribution in [0.5, 0.6) is 0 Å². The minimum Gasteiger partial charge on any atom is -0.422 e. The molecule has 10 heteroatoms. The summed E-state index contributed by atoms with van der Waals surface area (Å²) in [6.45, 7) is 0. The highest BCUT2D eigenvalue weighted by molar-refractivity contribution is 6.29. The Morgan fingerprint density at radius 2 is 1.25 bits per heavy atom. The highest BCUT2D eigenvalue weighted by atomic mass is 16.4. The summed E-state index contributed by atoms with van der Waals surface area (Å²) in [5.41, 5.74) is 0.559. The molecule has 0 bridgehead atoms. The molecule has 2 aromatic heterocycles.